The smallest absolute Gasteiger partial charge is 0.227 e. The van der Waals surface area contributed by atoms with Gasteiger partial charge in [0.2, 0.25) is 5.91 Å². The van der Waals surface area contributed by atoms with E-state index in [-0.39, 0.29) is 29.9 Å². The highest BCUT2D eigenvalue weighted by molar-refractivity contribution is 14.0. The molecule has 1 aliphatic carbocycles. The molecule has 0 atom stereocenters. The van der Waals surface area contributed by atoms with Crippen molar-refractivity contribution in [2.24, 2.45) is 4.99 Å². The Hall–Kier alpha value is -1.64. The molecular formula is C17H26IN5O. The molecule has 6 nitrogen and oxygen atoms in total. The molecule has 0 aromatic carbocycles. The predicted octanol–water partition coefficient (Wildman–Crippen LogP) is 2.61. The van der Waals surface area contributed by atoms with Crippen molar-refractivity contribution in [2.75, 3.05) is 18.4 Å². The van der Waals surface area contributed by atoms with Gasteiger partial charge < -0.3 is 16.0 Å². The van der Waals surface area contributed by atoms with Crippen molar-refractivity contribution in [3.8, 4) is 0 Å². The Kier molecular flexibility index (Phi) is 9.36. The van der Waals surface area contributed by atoms with E-state index in [0.717, 1.165) is 30.9 Å². The number of nitrogens with one attached hydrogen (secondary N) is 3. The average Bonchev–Trinajstić information content (AvgIpc) is 3.03. The van der Waals surface area contributed by atoms with Crippen LogP contribution in [0.3, 0.4) is 0 Å². The first-order valence-corrected chi connectivity index (χ1v) is 8.09. The minimum atomic E-state index is -0.0801. The second-order valence-electron chi connectivity index (χ2n) is 5.56. The van der Waals surface area contributed by atoms with Crippen LogP contribution in [-0.4, -0.2) is 36.0 Å². The van der Waals surface area contributed by atoms with E-state index in [4.69, 9.17) is 0 Å². The summed E-state index contributed by atoms with van der Waals surface area (Å²) in [6.07, 6.45) is 8.44. The molecule has 3 N–H and O–H groups in total. The lowest BCUT2D eigenvalue weighted by molar-refractivity contribution is -0.116. The van der Waals surface area contributed by atoms with E-state index >= 15 is 0 Å². The normalized spacial score (nSPS) is 14.2. The Labute approximate surface area is 160 Å². The SMILES string of the molecule is CCNC(=NCCC(=O)Nc1ccc(C)cn1)NC1CC=CC1.I. The van der Waals surface area contributed by atoms with Crippen LogP contribution >= 0.6 is 24.0 Å². The van der Waals surface area contributed by atoms with Crippen LogP contribution < -0.4 is 16.0 Å². The molecule has 0 saturated carbocycles. The number of carbonyl (C=O) groups excluding carboxylic acids is 1. The van der Waals surface area contributed by atoms with Crippen LogP contribution in [0.5, 0.6) is 0 Å². The van der Waals surface area contributed by atoms with Gasteiger partial charge in [0.1, 0.15) is 5.82 Å². The van der Waals surface area contributed by atoms with Crippen LogP contribution in [-0.2, 0) is 4.79 Å². The number of hydrogen-bond donors (Lipinski definition) is 3. The zero-order valence-corrected chi connectivity index (χ0v) is 16.5. The molecule has 0 bridgehead atoms. The van der Waals surface area contributed by atoms with E-state index in [1.54, 1.807) is 12.3 Å². The molecule has 0 unspecified atom stereocenters. The van der Waals surface area contributed by atoms with Crippen molar-refractivity contribution in [1.82, 2.24) is 15.6 Å². The third-order valence-electron chi connectivity index (χ3n) is 3.48. The number of pyridine rings is 1. The molecule has 0 aliphatic heterocycles. The summed E-state index contributed by atoms with van der Waals surface area (Å²) in [5.41, 5.74) is 1.07. The number of aryl methyl sites for hydroxylation is 1. The van der Waals surface area contributed by atoms with Crippen LogP contribution in [0, 0.1) is 6.92 Å². The van der Waals surface area contributed by atoms with Crippen LogP contribution in [0.4, 0.5) is 5.82 Å². The summed E-state index contributed by atoms with van der Waals surface area (Å²) in [6, 6.07) is 4.12. The lowest BCUT2D eigenvalue weighted by Gasteiger charge is -2.16. The molecule has 1 amide bonds. The maximum absolute atomic E-state index is 11.9. The van der Waals surface area contributed by atoms with E-state index in [1.807, 2.05) is 19.9 Å². The van der Waals surface area contributed by atoms with Gasteiger partial charge in [-0.15, -0.1) is 24.0 Å². The summed E-state index contributed by atoms with van der Waals surface area (Å²) in [4.78, 5) is 20.5. The van der Waals surface area contributed by atoms with Crippen LogP contribution in [0.15, 0.2) is 35.5 Å². The summed E-state index contributed by atoms with van der Waals surface area (Å²) in [5.74, 6) is 1.26. The third-order valence-corrected chi connectivity index (χ3v) is 3.48. The predicted molar refractivity (Wildman–Crippen MR) is 109 cm³/mol. The largest absolute Gasteiger partial charge is 0.357 e. The molecule has 1 aliphatic rings. The Bertz CT molecular complexity index is 563. The fraction of sp³-hybridized carbons (Fsp3) is 0.471. The molecule has 0 saturated heterocycles. The summed E-state index contributed by atoms with van der Waals surface area (Å²) < 4.78 is 0. The molecule has 0 fully saturated rings. The molecule has 1 aromatic heterocycles. The molecule has 0 spiro atoms. The highest BCUT2D eigenvalue weighted by Crippen LogP contribution is 2.08. The summed E-state index contributed by atoms with van der Waals surface area (Å²) in [6.45, 7) is 5.22. The minimum absolute atomic E-state index is 0. The van der Waals surface area contributed by atoms with Gasteiger partial charge >= 0.3 is 0 Å². The van der Waals surface area contributed by atoms with Gasteiger partial charge in [0.15, 0.2) is 5.96 Å². The Morgan fingerprint density at radius 3 is 2.71 bits per heavy atom. The molecule has 24 heavy (non-hydrogen) atoms. The van der Waals surface area contributed by atoms with Crippen LogP contribution in [0.2, 0.25) is 0 Å². The number of nitrogens with zero attached hydrogens (tertiary/aromatic N) is 2. The lowest BCUT2D eigenvalue weighted by atomic mass is 10.2. The molecule has 1 aromatic rings. The third kappa shape index (κ3) is 7.29. The van der Waals surface area contributed by atoms with Gasteiger partial charge in [-0.3, -0.25) is 9.79 Å². The van der Waals surface area contributed by atoms with E-state index in [2.05, 4.69) is 38.1 Å². The van der Waals surface area contributed by atoms with Crippen molar-refractivity contribution in [2.45, 2.75) is 39.2 Å². The summed E-state index contributed by atoms with van der Waals surface area (Å²) in [7, 11) is 0. The Morgan fingerprint density at radius 2 is 2.08 bits per heavy atom. The average molecular weight is 443 g/mol. The van der Waals surface area contributed by atoms with Gasteiger partial charge in [0.05, 0.1) is 6.54 Å². The van der Waals surface area contributed by atoms with Gasteiger partial charge in [-0.05, 0) is 38.3 Å². The van der Waals surface area contributed by atoms with E-state index in [1.165, 1.54) is 0 Å². The number of guanidine groups is 1. The van der Waals surface area contributed by atoms with Gasteiger partial charge in [-0.25, -0.2) is 4.98 Å². The zero-order valence-electron chi connectivity index (χ0n) is 14.2. The number of aromatic nitrogens is 1. The molecule has 2 rings (SSSR count). The molecule has 132 valence electrons. The maximum Gasteiger partial charge on any atom is 0.227 e. The van der Waals surface area contributed by atoms with E-state index < -0.39 is 0 Å². The number of hydrogen-bond acceptors (Lipinski definition) is 3. The van der Waals surface area contributed by atoms with Gasteiger partial charge in [0.25, 0.3) is 0 Å². The number of aliphatic imine (C=N–C) groups is 1. The van der Waals surface area contributed by atoms with Crippen LogP contribution in [0.25, 0.3) is 0 Å². The van der Waals surface area contributed by atoms with Crippen molar-refractivity contribution in [3.05, 3.63) is 36.0 Å². The fourth-order valence-corrected chi connectivity index (χ4v) is 2.26. The topological polar surface area (TPSA) is 78.4 Å². The molecule has 1 heterocycles. The first-order valence-electron chi connectivity index (χ1n) is 8.09. The number of anilines is 1. The van der Waals surface area contributed by atoms with Gasteiger partial charge in [-0.2, -0.15) is 0 Å². The molecular weight excluding hydrogens is 417 g/mol. The first kappa shape index (κ1) is 20.4. The maximum atomic E-state index is 11.9. The number of rotatable bonds is 6. The highest BCUT2D eigenvalue weighted by atomic mass is 127. The molecule has 7 heteroatoms. The van der Waals surface area contributed by atoms with E-state index in [0.29, 0.717) is 24.8 Å². The van der Waals surface area contributed by atoms with Crippen molar-refractivity contribution in [1.29, 1.82) is 0 Å². The quantitative estimate of drug-likeness (QED) is 0.274. The van der Waals surface area contributed by atoms with Gasteiger partial charge in [-0.1, -0.05) is 18.2 Å². The fourth-order valence-electron chi connectivity index (χ4n) is 2.26. The van der Waals surface area contributed by atoms with Crippen molar-refractivity contribution in [3.63, 3.8) is 0 Å². The lowest BCUT2D eigenvalue weighted by Crippen LogP contribution is -2.42. The number of halogens is 1. The monoisotopic (exact) mass is 443 g/mol. The van der Waals surface area contributed by atoms with E-state index in [9.17, 15) is 4.79 Å². The first-order chi connectivity index (χ1) is 11.2. The standard InChI is InChI=1S/C17H25N5O.HI/c1-3-18-17(21-14-6-4-5-7-14)19-11-10-16(23)22-15-9-8-13(2)12-20-15;/h4-5,8-9,12,14H,3,6-7,10-11H2,1-2H3,(H2,18,19,21)(H,20,22,23);1H. The van der Waals surface area contributed by atoms with Gasteiger partial charge in [0, 0.05) is 25.2 Å². The van der Waals surface area contributed by atoms with Crippen molar-refractivity contribution >= 4 is 41.7 Å². The van der Waals surface area contributed by atoms with Crippen molar-refractivity contribution < 1.29 is 4.79 Å². The highest BCUT2D eigenvalue weighted by Gasteiger charge is 2.11. The van der Waals surface area contributed by atoms with Crippen LogP contribution in [0.1, 0.15) is 31.7 Å². The number of carbonyl (C=O) groups is 1. The number of amides is 1. The summed E-state index contributed by atoms with van der Waals surface area (Å²) >= 11 is 0. The minimum Gasteiger partial charge on any atom is -0.357 e. The Balaban J connectivity index is 0.00000288. The summed E-state index contributed by atoms with van der Waals surface area (Å²) in [5, 5.41) is 9.36. The zero-order chi connectivity index (χ0) is 16.5. The second-order valence-corrected chi connectivity index (χ2v) is 5.56. The Morgan fingerprint density at radius 1 is 1.33 bits per heavy atom. The second kappa shape index (κ2) is 11.0. The molecule has 0 radical (unpaired) electrons.